The molecule has 364 valence electrons. The maximum Gasteiger partial charge on any atom is 0.254 e. The smallest absolute Gasteiger partial charge is 0.254 e. The van der Waals surface area contributed by atoms with E-state index >= 15 is 4.57 Å². The molecule has 69 heavy (non-hydrogen) atoms. The molecule has 0 heterocycles. The number of rotatable bonds is 23. The number of nitrogens with two attached hydrogens (primary N) is 2. The fourth-order valence-corrected chi connectivity index (χ4v) is 11.3. The first-order valence-electron chi connectivity index (χ1n) is 23.7. The molecule has 0 fully saturated rings. The van der Waals surface area contributed by atoms with Crippen LogP contribution in [0.15, 0.2) is 146 Å². The largest absolute Gasteiger partial charge is 0.381 e. The van der Waals surface area contributed by atoms with E-state index in [1.807, 2.05) is 121 Å². The summed E-state index contributed by atoms with van der Waals surface area (Å²) < 4.78 is 21.9. The Balaban J connectivity index is 1.26. The topological polar surface area (TPSA) is 215 Å². The highest BCUT2D eigenvalue weighted by atomic mass is 31.2. The molecule has 0 aliphatic carbocycles. The van der Waals surface area contributed by atoms with E-state index in [2.05, 4.69) is 21.3 Å². The minimum Gasteiger partial charge on any atom is -0.381 e. The summed E-state index contributed by atoms with van der Waals surface area (Å²) in [6.45, 7) is 8.62. The third kappa shape index (κ3) is 13.5. The second-order valence-corrected chi connectivity index (χ2v) is 21.1. The van der Waals surface area contributed by atoms with Crippen molar-refractivity contribution in [2.75, 3.05) is 6.61 Å². The van der Waals surface area contributed by atoms with Crippen molar-refractivity contribution in [1.82, 2.24) is 21.3 Å². The molecule has 6 aromatic rings. The maximum absolute atomic E-state index is 15.8. The Morgan fingerprint density at radius 1 is 0.522 bits per heavy atom. The number of carbonyl (C=O) groups excluding carboxylic acids is 4. The van der Waals surface area contributed by atoms with Crippen LogP contribution in [0.4, 0.5) is 0 Å². The summed E-state index contributed by atoms with van der Waals surface area (Å²) in [5, 5.41) is 28.1. The number of aliphatic hydroxyl groups is 1. The van der Waals surface area contributed by atoms with E-state index in [1.54, 1.807) is 58.9 Å². The third-order valence-electron chi connectivity index (χ3n) is 12.5. The fourth-order valence-electron chi connectivity index (χ4n) is 8.73. The lowest BCUT2D eigenvalue weighted by molar-refractivity contribution is -0.131. The molecular formula is C55H67N6O7P. The highest BCUT2D eigenvalue weighted by molar-refractivity contribution is 7.60. The number of amides is 4. The van der Waals surface area contributed by atoms with E-state index in [9.17, 15) is 24.3 Å². The van der Waals surface area contributed by atoms with Gasteiger partial charge >= 0.3 is 0 Å². The van der Waals surface area contributed by atoms with Gasteiger partial charge in [0.1, 0.15) is 17.9 Å². The van der Waals surface area contributed by atoms with Gasteiger partial charge in [-0.2, -0.15) is 0 Å². The summed E-state index contributed by atoms with van der Waals surface area (Å²) in [5.41, 5.74) is 16.2. The van der Waals surface area contributed by atoms with E-state index in [4.69, 9.17) is 16.0 Å². The van der Waals surface area contributed by atoms with Gasteiger partial charge in [0.2, 0.25) is 23.6 Å². The van der Waals surface area contributed by atoms with E-state index in [1.165, 1.54) is 0 Å². The van der Waals surface area contributed by atoms with Crippen LogP contribution in [0, 0.1) is 11.8 Å². The Bertz CT molecular complexity index is 2710. The highest BCUT2D eigenvalue weighted by Gasteiger charge is 2.47. The number of hydrogen-bond donors (Lipinski definition) is 7. The van der Waals surface area contributed by atoms with Crippen LogP contribution in [-0.4, -0.2) is 77.2 Å². The Hall–Kier alpha value is -6.21. The fraction of sp³-hybridized carbons (Fsp3) is 0.345. The van der Waals surface area contributed by atoms with Crippen LogP contribution in [0.1, 0.15) is 56.9 Å². The average Bonchev–Trinajstić information content (AvgIpc) is 3.34. The SMILES string of the molecule is CCOP(=O)(C(Cc1ccccc1)NC(=O)C(NC(=O)C(N)Cc1cccc2ccccc12)C(C)C)C(O)C(Cc1ccccc1)NC(=O)C(NC(=O)C(N)Cc1cccc2ccccc12)C(C)C. The molecule has 9 N–H and O–H groups in total. The van der Waals surface area contributed by atoms with Crippen molar-refractivity contribution in [3.05, 3.63) is 168 Å². The summed E-state index contributed by atoms with van der Waals surface area (Å²) in [7, 11) is -4.47. The zero-order valence-corrected chi connectivity index (χ0v) is 41.0. The molecule has 14 heteroatoms. The van der Waals surface area contributed by atoms with Gasteiger partial charge in [-0.05, 0) is 81.8 Å². The Morgan fingerprint density at radius 2 is 0.928 bits per heavy atom. The summed E-state index contributed by atoms with van der Waals surface area (Å²) in [6.07, 6.45) is 0.414. The van der Waals surface area contributed by atoms with Gasteiger partial charge in [-0.1, -0.05) is 173 Å². The first-order chi connectivity index (χ1) is 33.1. The highest BCUT2D eigenvalue weighted by Crippen LogP contribution is 2.57. The molecule has 13 nitrogen and oxygen atoms in total. The second kappa shape index (κ2) is 24.4. The lowest BCUT2D eigenvalue weighted by Gasteiger charge is -2.37. The maximum atomic E-state index is 15.8. The van der Waals surface area contributed by atoms with Crippen molar-refractivity contribution in [2.24, 2.45) is 23.3 Å². The van der Waals surface area contributed by atoms with Crippen LogP contribution < -0.4 is 32.7 Å². The van der Waals surface area contributed by atoms with Gasteiger partial charge in [0.15, 0.2) is 5.85 Å². The predicted octanol–water partition coefficient (Wildman–Crippen LogP) is 6.76. The predicted molar refractivity (Wildman–Crippen MR) is 274 cm³/mol. The van der Waals surface area contributed by atoms with Crippen molar-refractivity contribution >= 4 is 52.5 Å². The van der Waals surface area contributed by atoms with Crippen molar-refractivity contribution in [2.45, 2.75) is 102 Å². The second-order valence-electron chi connectivity index (χ2n) is 18.4. The Morgan fingerprint density at radius 3 is 1.38 bits per heavy atom. The number of hydrogen-bond acceptors (Lipinski definition) is 9. The first kappa shape index (κ1) is 52.2. The molecule has 0 saturated carbocycles. The van der Waals surface area contributed by atoms with E-state index < -0.39 is 84.7 Å². The molecular weight excluding hydrogens is 888 g/mol. The normalized spacial score (nSPS) is 15.6. The standard InChI is InChI=1S/C55H67N6O7P/c1-6-68-69(67,48(32-38-21-11-8-12-22-38)59-54(65)50(36(4)5)61-52(63)46(57)34-42-28-18-26-40-24-14-16-30-44(40)42)55(66)47(31-37-19-9-7-10-20-37)58-53(64)49(35(2)3)60-51(62)45(56)33-41-27-17-25-39-23-13-15-29-43(39)41/h7-30,35-36,45-50,55,66H,6,31-34,56-57H2,1-5H3,(H,58,64)(H,59,65)(H,60,62)(H,61,63). The minimum absolute atomic E-state index is 0.00936. The van der Waals surface area contributed by atoms with Crippen molar-refractivity contribution < 1.29 is 33.4 Å². The number of nitrogens with one attached hydrogen (secondary N) is 4. The van der Waals surface area contributed by atoms with Gasteiger partial charge in [0.05, 0.1) is 24.7 Å². The van der Waals surface area contributed by atoms with E-state index in [-0.39, 0.29) is 32.3 Å². The Kier molecular flexibility index (Phi) is 18.4. The minimum atomic E-state index is -4.47. The zero-order chi connectivity index (χ0) is 49.7. The number of benzene rings is 6. The van der Waals surface area contributed by atoms with Gasteiger partial charge in [-0.3, -0.25) is 23.7 Å². The van der Waals surface area contributed by atoms with Crippen LogP contribution in [0.3, 0.4) is 0 Å². The molecule has 8 atom stereocenters. The van der Waals surface area contributed by atoms with Crippen LogP contribution in [0.5, 0.6) is 0 Å². The molecule has 0 aromatic heterocycles. The van der Waals surface area contributed by atoms with Gasteiger partial charge in [0, 0.05) is 6.42 Å². The van der Waals surface area contributed by atoms with Crippen LogP contribution in [-0.2, 0) is 54.0 Å². The number of aliphatic hydroxyl groups excluding tert-OH is 1. The van der Waals surface area contributed by atoms with E-state index in [0.29, 0.717) is 11.1 Å². The summed E-state index contributed by atoms with van der Waals surface area (Å²) >= 11 is 0. The van der Waals surface area contributed by atoms with Crippen LogP contribution >= 0.6 is 7.37 Å². The molecule has 0 bridgehead atoms. The van der Waals surface area contributed by atoms with Gasteiger partial charge in [-0.25, -0.2) is 0 Å². The van der Waals surface area contributed by atoms with E-state index in [0.717, 1.165) is 32.7 Å². The van der Waals surface area contributed by atoms with Crippen molar-refractivity contribution in [1.29, 1.82) is 0 Å². The lowest BCUT2D eigenvalue weighted by Crippen LogP contribution is -2.58. The van der Waals surface area contributed by atoms with Gasteiger partial charge in [-0.15, -0.1) is 0 Å². The average molecular weight is 955 g/mol. The van der Waals surface area contributed by atoms with Crippen LogP contribution in [0.25, 0.3) is 21.5 Å². The quantitative estimate of drug-likeness (QED) is 0.0338. The van der Waals surface area contributed by atoms with Crippen LogP contribution in [0.2, 0.25) is 0 Å². The van der Waals surface area contributed by atoms with Crippen molar-refractivity contribution in [3.8, 4) is 0 Å². The van der Waals surface area contributed by atoms with Gasteiger partial charge < -0.3 is 42.4 Å². The molecule has 6 rings (SSSR count). The summed E-state index contributed by atoms with van der Waals surface area (Å²) in [6, 6.07) is 39.9. The molecule has 6 aromatic carbocycles. The number of fused-ring (bicyclic) bond motifs is 2. The van der Waals surface area contributed by atoms with Gasteiger partial charge in [0.25, 0.3) is 7.37 Å². The van der Waals surface area contributed by atoms with Crippen molar-refractivity contribution in [3.63, 3.8) is 0 Å². The summed E-state index contributed by atoms with van der Waals surface area (Å²) in [5.74, 6) is -6.47. The molecule has 0 radical (unpaired) electrons. The zero-order valence-electron chi connectivity index (χ0n) is 40.1. The molecule has 0 spiro atoms. The first-order valence-corrected chi connectivity index (χ1v) is 25.5. The summed E-state index contributed by atoms with van der Waals surface area (Å²) in [4.78, 5) is 56.6. The Labute approximate surface area is 405 Å². The monoisotopic (exact) mass is 954 g/mol. The number of carbonyl (C=O) groups is 4. The molecule has 0 aliphatic heterocycles. The molecule has 8 unspecified atom stereocenters. The molecule has 0 aliphatic rings. The lowest BCUT2D eigenvalue weighted by atomic mass is 9.97. The molecule has 4 amide bonds. The third-order valence-corrected chi connectivity index (χ3v) is 15.4. The molecule has 0 saturated heterocycles.